The van der Waals surface area contributed by atoms with Gasteiger partial charge in [-0.25, -0.2) is 0 Å². The number of piperidine rings is 2. The Hall–Kier alpha value is 0.0569. The summed E-state index contributed by atoms with van der Waals surface area (Å²) in [4.78, 5) is 0. The van der Waals surface area contributed by atoms with Crippen molar-refractivity contribution in [1.29, 1.82) is 0 Å². The average Bonchev–Trinajstić information content (AvgIpc) is 2.47. The first kappa shape index (κ1) is 17.4. The zero-order valence-electron chi connectivity index (χ0n) is 14.4. The molecule has 4 nitrogen and oxygen atoms in total. The maximum absolute atomic E-state index is 6.41. The Bertz CT molecular complexity index is 287. The van der Waals surface area contributed by atoms with Gasteiger partial charge in [0.1, 0.15) is 0 Å². The van der Waals surface area contributed by atoms with Crippen LogP contribution in [0.15, 0.2) is 0 Å². The van der Waals surface area contributed by atoms with Gasteiger partial charge in [0, 0.05) is 13.2 Å². The predicted molar refractivity (Wildman–Crippen MR) is 88.9 cm³/mol. The summed E-state index contributed by atoms with van der Waals surface area (Å²) in [5, 5.41) is 0. The fourth-order valence-corrected chi connectivity index (χ4v) is 7.81. The van der Waals surface area contributed by atoms with Crippen molar-refractivity contribution in [2.24, 2.45) is 11.8 Å². The van der Waals surface area contributed by atoms with E-state index in [2.05, 4.69) is 36.8 Å². The van der Waals surface area contributed by atoms with Crippen LogP contribution >= 0.6 is 0 Å². The quantitative estimate of drug-likeness (QED) is 0.704. The number of nitrogens with zero attached hydrogens (tertiary/aromatic N) is 2. The first-order chi connectivity index (χ1) is 10.1. The third-order valence-electron chi connectivity index (χ3n) is 4.78. The number of hydrogen-bond acceptors (Lipinski definition) is 4. The molecular formula is C16H34N2O2Si. The fraction of sp³-hybridized carbons (Fsp3) is 1.00. The summed E-state index contributed by atoms with van der Waals surface area (Å²) in [5.41, 5.74) is 0. The maximum Gasteiger partial charge on any atom is 0.522 e. The van der Waals surface area contributed by atoms with Crippen LogP contribution < -0.4 is 0 Å². The molecule has 2 fully saturated rings. The summed E-state index contributed by atoms with van der Waals surface area (Å²) >= 11 is 0. The second-order valence-electron chi connectivity index (χ2n) is 6.80. The van der Waals surface area contributed by atoms with E-state index < -0.39 is 8.88 Å². The molecule has 5 heteroatoms. The molecule has 124 valence electrons. The molecule has 0 aromatic rings. The zero-order valence-corrected chi connectivity index (χ0v) is 15.4. The van der Waals surface area contributed by atoms with Crippen molar-refractivity contribution in [2.45, 2.75) is 53.4 Å². The van der Waals surface area contributed by atoms with E-state index in [1.807, 2.05) is 0 Å². The molecule has 2 heterocycles. The van der Waals surface area contributed by atoms with Crippen molar-refractivity contribution in [2.75, 3.05) is 39.4 Å². The van der Waals surface area contributed by atoms with Gasteiger partial charge < -0.3 is 8.85 Å². The molecule has 0 aromatic heterocycles. The Labute approximate surface area is 132 Å². The van der Waals surface area contributed by atoms with E-state index in [4.69, 9.17) is 8.85 Å². The summed E-state index contributed by atoms with van der Waals surface area (Å²) in [6.45, 7) is 15.0. The third-order valence-corrected chi connectivity index (χ3v) is 8.52. The summed E-state index contributed by atoms with van der Waals surface area (Å²) in [5.74, 6) is 1.52. The molecule has 0 aliphatic carbocycles. The summed E-state index contributed by atoms with van der Waals surface area (Å²) in [7, 11) is -2.41. The topological polar surface area (TPSA) is 24.9 Å². The van der Waals surface area contributed by atoms with Crippen LogP contribution in [0.25, 0.3) is 0 Å². The first-order valence-corrected chi connectivity index (χ1v) is 10.6. The number of rotatable bonds is 6. The Morgan fingerprint density at radius 3 is 1.62 bits per heavy atom. The molecule has 2 rings (SSSR count). The molecule has 0 saturated carbocycles. The summed E-state index contributed by atoms with van der Waals surface area (Å²) < 4.78 is 18.0. The monoisotopic (exact) mass is 314 g/mol. The zero-order chi connectivity index (χ0) is 15.3. The van der Waals surface area contributed by atoms with Crippen LogP contribution in [0.5, 0.6) is 0 Å². The van der Waals surface area contributed by atoms with Crippen LogP contribution in [-0.4, -0.2) is 57.4 Å². The van der Waals surface area contributed by atoms with Crippen molar-refractivity contribution in [3.63, 3.8) is 0 Å². The Kier molecular flexibility index (Phi) is 6.68. The smallest absolute Gasteiger partial charge is 0.371 e. The molecule has 2 aliphatic heterocycles. The fourth-order valence-electron chi connectivity index (χ4n) is 3.87. The van der Waals surface area contributed by atoms with Crippen LogP contribution in [0.1, 0.15) is 53.4 Å². The van der Waals surface area contributed by atoms with E-state index in [0.717, 1.165) is 51.2 Å². The highest BCUT2D eigenvalue weighted by atomic mass is 28.4. The van der Waals surface area contributed by atoms with Gasteiger partial charge in [0.25, 0.3) is 0 Å². The second-order valence-corrected chi connectivity index (χ2v) is 9.74. The lowest BCUT2D eigenvalue weighted by Crippen LogP contribution is -2.72. The molecule has 2 unspecified atom stereocenters. The number of hydrogen-bond donors (Lipinski definition) is 0. The van der Waals surface area contributed by atoms with Gasteiger partial charge in [0.2, 0.25) is 0 Å². The summed E-state index contributed by atoms with van der Waals surface area (Å²) in [6, 6.07) is 0. The van der Waals surface area contributed by atoms with Crippen molar-refractivity contribution < 1.29 is 8.85 Å². The van der Waals surface area contributed by atoms with Crippen molar-refractivity contribution in [1.82, 2.24) is 9.13 Å². The molecular weight excluding hydrogens is 280 g/mol. The van der Waals surface area contributed by atoms with Crippen LogP contribution in [-0.2, 0) is 8.85 Å². The van der Waals surface area contributed by atoms with E-state index in [9.17, 15) is 0 Å². The third kappa shape index (κ3) is 4.08. The van der Waals surface area contributed by atoms with Gasteiger partial charge in [0.05, 0.1) is 0 Å². The Morgan fingerprint density at radius 2 is 1.29 bits per heavy atom. The van der Waals surface area contributed by atoms with E-state index >= 15 is 0 Å². The van der Waals surface area contributed by atoms with E-state index in [1.54, 1.807) is 0 Å². The molecule has 0 bridgehead atoms. The largest absolute Gasteiger partial charge is 0.522 e. The normalized spacial score (nSPS) is 29.7. The molecule has 2 aliphatic rings. The maximum atomic E-state index is 6.41. The van der Waals surface area contributed by atoms with Gasteiger partial charge in [0.15, 0.2) is 0 Å². The minimum atomic E-state index is -2.41. The lowest BCUT2D eigenvalue weighted by atomic mass is 10.0. The highest BCUT2D eigenvalue weighted by molar-refractivity contribution is 6.61. The van der Waals surface area contributed by atoms with Gasteiger partial charge >= 0.3 is 8.88 Å². The Balaban J connectivity index is 2.22. The molecule has 21 heavy (non-hydrogen) atoms. The second kappa shape index (κ2) is 8.06. The standard InChI is InChI=1S/C16H34N2O2Si/c1-5-19-21(20-6-2,17-11-7-9-15(3)13-17)18-12-8-10-16(4)14-18/h15-16H,5-14H2,1-4H3. The van der Waals surface area contributed by atoms with Gasteiger partial charge in [-0.1, -0.05) is 13.8 Å². The summed E-state index contributed by atoms with van der Waals surface area (Å²) in [6.07, 6.45) is 5.24. The van der Waals surface area contributed by atoms with Gasteiger partial charge in [-0.3, -0.25) is 9.13 Å². The molecule has 0 amide bonds. The SMILES string of the molecule is CCO[Si](OCC)(N1CCCC(C)C1)N1CCCC(C)C1. The van der Waals surface area contributed by atoms with Crippen molar-refractivity contribution >= 4 is 8.88 Å². The highest BCUT2D eigenvalue weighted by Crippen LogP contribution is 2.29. The van der Waals surface area contributed by atoms with Crippen molar-refractivity contribution in [3.8, 4) is 0 Å². The van der Waals surface area contributed by atoms with Crippen LogP contribution in [0, 0.1) is 11.8 Å². The lowest BCUT2D eigenvalue weighted by molar-refractivity contribution is 0.0357. The molecule has 0 aromatic carbocycles. The van der Waals surface area contributed by atoms with Gasteiger partial charge in [-0.05, 0) is 77.5 Å². The molecule has 0 N–H and O–H groups in total. The van der Waals surface area contributed by atoms with E-state index in [1.165, 1.54) is 25.7 Å². The highest BCUT2D eigenvalue weighted by Gasteiger charge is 2.53. The van der Waals surface area contributed by atoms with Gasteiger partial charge in [-0.15, -0.1) is 0 Å². The van der Waals surface area contributed by atoms with Crippen molar-refractivity contribution in [3.05, 3.63) is 0 Å². The average molecular weight is 315 g/mol. The van der Waals surface area contributed by atoms with Crippen LogP contribution in [0.2, 0.25) is 0 Å². The first-order valence-electron chi connectivity index (χ1n) is 8.90. The van der Waals surface area contributed by atoms with Crippen LogP contribution in [0.3, 0.4) is 0 Å². The molecule has 0 radical (unpaired) electrons. The lowest BCUT2D eigenvalue weighted by Gasteiger charge is -2.49. The van der Waals surface area contributed by atoms with Crippen LogP contribution in [0.4, 0.5) is 0 Å². The van der Waals surface area contributed by atoms with E-state index in [0.29, 0.717) is 0 Å². The predicted octanol–water partition coefficient (Wildman–Crippen LogP) is 2.96. The molecule has 0 spiro atoms. The Morgan fingerprint density at radius 1 is 0.857 bits per heavy atom. The molecule has 2 saturated heterocycles. The minimum Gasteiger partial charge on any atom is -0.371 e. The van der Waals surface area contributed by atoms with E-state index in [-0.39, 0.29) is 0 Å². The van der Waals surface area contributed by atoms with Gasteiger partial charge in [-0.2, -0.15) is 0 Å². The minimum absolute atomic E-state index is 0.752. The molecule has 2 atom stereocenters.